The first-order valence-corrected chi connectivity index (χ1v) is 8.15. The molecule has 0 saturated carbocycles. The molecule has 0 aliphatic rings. The van der Waals surface area contributed by atoms with Crippen molar-refractivity contribution in [2.75, 3.05) is 30.8 Å². The average Bonchev–Trinajstić information content (AvgIpc) is 2.61. The van der Waals surface area contributed by atoms with E-state index in [1.165, 1.54) is 4.90 Å². The monoisotopic (exact) mass is 361 g/mol. The zero-order valence-corrected chi connectivity index (χ0v) is 14.8. The van der Waals surface area contributed by atoms with Crippen LogP contribution in [0.25, 0.3) is 0 Å². The van der Waals surface area contributed by atoms with E-state index in [0.717, 1.165) is 0 Å². The van der Waals surface area contributed by atoms with Crippen molar-refractivity contribution in [3.63, 3.8) is 0 Å². The van der Waals surface area contributed by atoms with Crippen molar-refractivity contribution < 1.29 is 14.3 Å². The molecule has 25 heavy (non-hydrogen) atoms. The molecular formula is C18H20ClN3O3. The van der Waals surface area contributed by atoms with E-state index in [1.54, 1.807) is 62.6 Å². The molecule has 0 atom stereocenters. The quantitative estimate of drug-likeness (QED) is 0.821. The van der Waals surface area contributed by atoms with E-state index in [2.05, 4.69) is 10.6 Å². The van der Waals surface area contributed by atoms with E-state index >= 15 is 0 Å². The van der Waals surface area contributed by atoms with Crippen molar-refractivity contribution in [2.24, 2.45) is 0 Å². The van der Waals surface area contributed by atoms with Gasteiger partial charge in [-0.05, 0) is 43.3 Å². The summed E-state index contributed by atoms with van der Waals surface area (Å²) in [5, 5.41) is 6.07. The van der Waals surface area contributed by atoms with Crippen molar-refractivity contribution in [2.45, 2.75) is 6.92 Å². The summed E-state index contributed by atoms with van der Waals surface area (Å²) in [6.07, 6.45) is 0. The predicted molar refractivity (Wildman–Crippen MR) is 99.3 cm³/mol. The van der Waals surface area contributed by atoms with E-state index in [-0.39, 0.29) is 18.5 Å². The molecule has 2 rings (SSSR count). The van der Waals surface area contributed by atoms with Crippen LogP contribution in [-0.4, -0.2) is 37.0 Å². The Balaban J connectivity index is 1.94. The topological polar surface area (TPSA) is 70.7 Å². The van der Waals surface area contributed by atoms with Crippen LogP contribution in [0, 0.1) is 0 Å². The molecule has 6 nitrogen and oxygen atoms in total. The third kappa shape index (κ3) is 5.69. The van der Waals surface area contributed by atoms with Gasteiger partial charge in [0.1, 0.15) is 12.3 Å². The zero-order valence-electron chi connectivity index (χ0n) is 14.1. The largest absolute Gasteiger partial charge is 0.497 e. The van der Waals surface area contributed by atoms with Crippen LogP contribution in [0.3, 0.4) is 0 Å². The highest BCUT2D eigenvalue weighted by atomic mass is 35.5. The minimum absolute atomic E-state index is 0.0624. The van der Waals surface area contributed by atoms with Crippen LogP contribution < -0.4 is 15.4 Å². The molecule has 0 aliphatic heterocycles. The second kappa shape index (κ2) is 8.94. The minimum atomic E-state index is -0.356. The van der Waals surface area contributed by atoms with Gasteiger partial charge in [0.25, 0.3) is 0 Å². The number of ether oxygens (including phenoxy) is 1. The number of rotatable bonds is 6. The molecule has 0 saturated heterocycles. The maximum absolute atomic E-state index is 12.3. The molecule has 0 bridgehead atoms. The number of nitrogens with zero attached hydrogens (tertiary/aromatic N) is 1. The summed E-state index contributed by atoms with van der Waals surface area (Å²) in [4.78, 5) is 25.9. The number of carbonyl (C=O) groups is 2. The third-order valence-electron chi connectivity index (χ3n) is 3.45. The van der Waals surface area contributed by atoms with Gasteiger partial charge >= 0.3 is 6.03 Å². The van der Waals surface area contributed by atoms with Crippen LogP contribution in [0.5, 0.6) is 5.75 Å². The summed E-state index contributed by atoms with van der Waals surface area (Å²) < 4.78 is 5.12. The summed E-state index contributed by atoms with van der Waals surface area (Å²) in [6.45, 7) is 2.14. The Morgan fingerprint density at radius 1 is 1.08 bits per heavy atom. The number of benzene rings is 2. The Hall–Kier alpha value is -2.73. The van der Waals surface area contributed by atoms with Crippen LogP contribution in [0.1, 0.15) is 6.92 Å². The first kappa shape index (κ1) is 18.6. The third-order valence-corrected chi connectivity index (χ3v) is 3.70. The van der Waals surface area contributed by atoms with Gasteiger partial charge in [0, 0.05) is 29.0 Å². The van der Waals surface area contributed by atoms with Crippen molar-refractivity contribution in [1.29, 1.82) is 0 Å². The van der Waals surface area contributed by atoms with Crippen molar-refractivity contribution in [3.8, 4) is 5.75 Å². The Bertz CT molecular complexity index is 735. The minimum Gasteiger partial charge on any atom is -0.497 e. The average molecular weight is 362 g/mol. The van der Waals surface area contributed by atoms with E-state index < -0.39 is 0 Å². The SMILES string of the molecule is CCN(CC(=O)Nc1cccc(OC)c1)C(=O)Nc1ccc(Cl)cc1. The van der Waals surface area contributed by atoms with Crippen LogP contribution in [0.2, 0.25) is 5.02 Å². The maximum Gasteiger partial charge on any atom is 0.322 e. The first-order chi connectivity index (χ1) is 12.0. The second-order valence-corrected chi connectivity index (χ2v) is 5.67. The van der Waals surface area contributed by atoms with E-state index in [0.29, 0.717) is 28.7 Å². The molecule has 7 heteroatoms. The molecule has 2 N–H and O–H groups in total. The van der Waals surface area contributed by atoms with Crippen molar-refractivity contribution in [3.05, 3.63) is 53.6 Å². The molecule has 132 valence electrons. The molecule has 2 aromatic rings. The summed E-state index contributed by atoms with van der Waals surface area (Å²) in [5.41, 5.74) is 1.22. The lowest BCUT2D eigenvalue weighted by atomic mass is 10.3. The van der Waals surface area contributed by atoms with Gasteiger partial charge in [-0.1, -0.05) is 17.7 Å². The van der Waals surface area contributed by atoms with Gasteiger partial charge in [-0.3, -0.25) is 4.79 Å². The highest BCUT2D eigenvalue weighted by molar-refractivity contribution is 6.30. The molecule has 0 radical (unpaired) electrons. The molecule has 0 aromatic heterocycles. The number of carbonyl (C=O) groups excluding carboxylic acids is 2. The fourth-order valence-corrected chi connectivity index (χ4v) is 2.26. The number of methoxy groups -OCH3 is 1. The van der Waals surface area contributed by atoms with Gasteiger partial charge in [0.15, 0.2) is 0 Å². The molecule has 0 heterocycles. The fourth-order valence-electron chi connectivity index (χ4n) is 2.14. The van der Waals surface area contributed by atoms with Gasteiger partial charge in [-0.25, -0.2) is 4.79 Å². The van der Waals surface area contributed by atoms with E-state index in [9.17, 15) is 9.59 Å². The number of amides is 3. The van der Waals surface area contributed by atoms with Gasteiger partial charge in [0.05, 0.1) is 7.11 Å². The van der Waals surface area contributed by atoms with Crippen LogP contribution in [-0.2, 0) is 4.79 Å². The summed E-state index contributed by atoms with van der Waals surface area (Å²) in [7, 11) is 1.56. The number of urea groups is 1. The van der Waals surface area contributed by atoms with Crippen LogP contribution >= 0.6 is 11.6 Å². The van der Waals surface area contributed by atoms with Gasteiger partial charge in [-0.15, -0.1) is 0 Å². The highest BCUT2D eigenvalue weighted by Crippen LogP contribution is 2.17. The predicted octanol–water partition coefficient (Wildman–Crippen LogP) is 3.84. The molecular weight excluding hydrogens is 342 g/mol. The summed E-state index contributed by atoms with van der Waals surface area (Å²) >= 11 is 5.82. The normalized spacial score (nSPS) is 10.0. The van der Waals surface area contributed by atoms with Gasteiger partial charge in [-0.2, -0.15) is 0 Å². The first-order valence-electron chi connectivity index (χ1n) is 7.77. The fraction of sp³-hybridized carbons (Fsp3) is 0.222. The van der Waals surface area contributed by atoms with Gasteiger partial charge in [0.2, 0.25) is 5.91 Å². The Kier molecular flexibility index (Phi) is 6.65. The van der Waals surface area contributed by atoms with Crippen LogP contribution in [0.4, 0.5) is 16.2 Å². The number of halogens is 1. The molecule has 0 spiro atoms. The number of anilines is 2. The molecule has 0 unspecified atom stereocenters. The number of hydrogen-bond acceptors (Lipinski definition) is 3. The number of nitrogens with one attached hydrogen (secondary N) is 2. The molecule has 0 fully saturated rings. The molecule has 3 amide bonds. The standard InChI is InChI=1S/C18H20ClN3O3/c1-3-22(18(24)21-14-9-7-13(19)8-10-14)12-17(23)20-15-5-4-6-16(11-15)25-2/h4-11H,3,12H2,1-2H3,(H,20,23)(H,21,24). The van der Waals surface area contributed by atoms with E-state index in [4.69, 9.17) is 16.3 Å². The Morgan fingerprint density at radius 2 is 1.80 bits per heavy atom. The summed E-state index contributed by atoms with van der Waals surface area (Å²) in [6, 6.07) is 13.4. The lowest BCUT2D eigenvalue weighted by Gasteiger charge is -2.21. The van der Waals surface area contributed by atoms with Crippen LogP contribution in [0.15, 0.2) is 48.5 Å². The Morgan fingerprint density at radius 3 is 2.44 bits per heavy atom. The lowest BCUT2D eigenvalue weighted by molar-refractivity contribution is -0.116. The zero-order chi connectivity index (χ0) is 18.2. The smallest absolute Gasteiger partial charge is 0.322 e. The highest BCUT2D eigenvalue weighted by Gasteiger charge is 2.16. The molecule has 0 aliphatic carbocycles. The second-order valence-electron chi connectivity index (χ2n) is 5.23. The Labute approximate surface area is 151 Å². The van der Waals surface area contributed by atoms with Gasteiger partial charge < -0.3 is 20.3 Å². The number of hydrogen-bond donors (Lipinski definition) is 2. The molecule has 2 aromatic carbocycles. The summed E-state index contributed by atoms with van der Waals surface area (Å²) in [5.74, 6) is 0.354. The van der Waals surface area contributed by atoms with E-state index in [1.807, 2.05) is 0 Å². The number of likely N-dealkylation sites (N-methyl/N-ethyl adjacent to an activating group) is 1. The maximum atomic E-state index is 12.3. The van der Waals surface area contributed by atoms with Crippen molar-refractivity contribution >= 4 is 34.9 Å². The lowest BCUT2D eigenvalue weighted by Crippen LogP contribution is -2.40. The van der Waals surface area contributed by atoms with Crippen molar-refractivity contribution in [1.82, 2.24) is 4.90 Å².